The van der Waals surface area contributed by atoms with Crippen LogP contribution in [-0.2, 0) is 0 Å². The Morgan fingerprint density at radius 3 is 1.44 bits per heavy atom. The highest BCUT2D eigenvalue weighted by Crippen LogP contribution is 2.29. The molecule has 0 fully saturated rings. The van der Waals surface area contributed by atoms with Crippen LogP contribution >= 0.6 is 11.8 Å². The third kappa shape index (κ3) is 29.5. The second-order valence-corrected chi connectivity index (χ2v) is 13.7. The van der Waals surface area contributed by atoms with Crippen LogP contribution in [0.5, 0.6) is 0 Å². The van der Waals surface area contributed by atoms with E-state index in [0.717, 1.165) is 30.2 Å². The standard InChI is InChI=1S/C25H40N2S.C17H36/c1-8-13-14-15-16-17-20-26-23(11-4)27-25(28-12-5)24(21(6)18-9-2)22(7)19-10-3;1-3-5-7-9-11-13-15-17-16-14-12-10-8-6-4-2/h4,9,18-19H,2,8,10,12-17,20H2,1,3,5-7H3,(H,26,27);3-17H2,1-2H3/b21-18+,22-19+,25-24+;. The lowest BCUT2D eigenvalue weighted by Gasteiger charge is -2.17. The summed E-state index contributed by atoms with van der Waals surface area (Å²) in [5.41, 5.74) is 3.61. The van der Waals surface area contributed by atoms with Crippen molar-refractivity contribution in [2.75, 3.05) is 12.3 Å². The van der Waals surface area contributed by atoms with Crippen molar-refractivity contribution < 1.29 is 0 Å². The lowest BCUT2D eigenvalue weighted by Crippen LogP contribution is -2.22. The van der Waals surface area contributed by atoms with Gasteiger partial charge in [-0.15, -0.1) is 18.2 Å². The Hall–Kier alpha value is -1.66. The minimum atomic E-state index is 0.623. The number of thioether (sulfide) groups is 1. The maximum absolute atomic E-state index is 5.75. The molecule has 0 radical (unpaired) electrons. The summed E-state index contributed by atoms with van der Waals surface area (Å²) in [5.74, 6) is 4.31. The summed E-state index contributed by atoms with van der Waals surface area (Å²) in [6.07, 6.45) is 42.3. The van der Waals surface area contributed by atoms with Crippen LogP contribution in [0.4, 0.5) is 0 Å². The number of terminal acetylenes is 1. The van der Waals surface area contributed by atoms with Crippen molar-refractivity contribution in [2.24, 2.45) is 4.99 Å². The van der Waals surface area contributed by atoms with Crippen molar-refractivity contribution >= 4 is 17.6 Å². The van der Waals surface area contributed by atoms with Gasteiger partial charge in [-0.3, -0.25) is 4.99 Å². The second-order valence-electron chi connectivity index (χ2n) is 12.4. The smallest absolute Gasteiger partial charge is 0.178 e. The second kappa shape index (κ2) is 36.8. The predicted octanol–water partition coefficient (Wildman–Crippen LogP) is 14.3. The fraction of sp³-hybridized carbons (Fsp3) is 0.738. The zero-order chi connectivity index (χ0) is 33.8. The number of aliphatic imine (C=N–C) groups is 1. The molecule has 0 amide bonds. The number of hydrogen-bond donors (Lipinski definition) is 1. The van der Waals surface area contributed by atoms with Crippen molar-refractivity contribution in [1.82, 2.24) is 5.32 Å². The molecular weight excluding hydrogens is 565 g/mol. The molecule has 0 aliphatic carbocycles. The summed E-state index contributed by atoms with van der Waals surface area (Å²) < 4.78 is 0. The van der Waals surface area contributed by atoms with Crippen LogP contribution in [-0.4, -0.2) is 18.1 Å². The molecule has 0 aromatic rings. The molecule has 260 valence electrons. The van der Waals surface area contributed by atoms with Gasteiger partial charge in [0.15, 0.2) is 5.84 Å². The Balaban J connectivity index is 0. The van der Waals surface area contributed by atoms with E-state index in [1.54, 1.807) is 11.8 Å². The Kier molecular flexibility index (Phi) is 37.2. The SMILES string of the molecule is C#CC(=NCCCCCCCC)N/C(SCC)=C(C(/C)=C/C=C)\C(C)=C\CC.CCCCCCCCCCCCCCCCC. The van der Waals surface area contributed by atoms with Gasteiger partial charge in [0.25, 0.3) is 0 Å². The first kappa shape index (κ1) is 45.5. The van der Waals surface area contributed by atoms with Gasteiger partial charge in [0, 0.05) is 12.1 Å². The lowest BCUT2D eigenvalue weighted by atomic mass is 10.00. The molecule has 0 aromatic heterocycles. The van der Waals surface area contributed by atoms with E-state index in [0.29, 0.717) is 5.84 Å². The molecule has 0 saturated carbocycles. The number of hydrogen-bond acceptors (Lipinski definition) is 2. The van der Waals surface area contributed by atoms with Crippen LogP contribution in [0.15, 0.2) is 51.5 Å². The first-order chi connectivity index (χ1) is 22.0. The average molecular weight is 641 g/mol. The van der Waals surface area contributed by atoms with E-state index in [2.05, 4.69) is 77.4 Å². The minimum Gasteiger partial charge on any atom is -0.327 e. The van der Waals surface area contributed by atoms with Crippen LogP contribution in [0.3, 0.4) is 0 Å². The molecule has 1 N–H and O–H groups in total. The molecule has 0 aromatic carbocycles. The van der Waals surface area contributed by atoms with Gasteiger partial charge in [0.05, 0.1) is 5.03 Å². The zero-order valence-corrected chi connectivity index (χ0v) is 32.2. The lowest BCUT2D eigenvalue weighted by molar-refractivity contribution is 0.534. The van der Waals surface area contributed by atoms with Crippen molar-refractivity contribution in [2.45, 2.75) is 190 Å². The molecule has 0 rings (SSSR count). The van der Waals surface area contributed by atoms with Gasteiger partial charge in [0.2, 0.25) is 0 Å². The van der Waals surface area contributed by atoms with Gasteiger partial charge in [-0.25, -0.2) is 0 Å². The minimum absolute atomic E-state index is 0.623. The van der Waals surface area contributed by atoms with E-state index in [4.69, 9.17) is 6.42 Å². The van der Waals surface area contributed by atoms with E-state index in [1.807, 2.05) is 12.2 Å². The van der Waals surface area contributed by atoms with Crippen LogP contribution < -0.4 is 5.32 Å². The molecule has 45 heavy (non-hydrogen) atoms. The number of amidine groups is 1. The molecule has 0 spiro atoms. The Morgan fingerprint density at radius 2 is 1.09 bits per heavy atom. The summed E-state index contributed by atoms with van der Waals surface area (Å²) in [6.45, 7) is 20.0. The molecule has 0 unspecified atom stereocenters. The average Bonchev–Trinajstić information content (AvgIpc) is 3.03. The summed E-state index contributed by atoms with van der Waals surface area (Å²) >= 11 is 1.77. The first-order valence-corrected chi connectivity index (χ1v) is 20.1. The van der Waals surface area contributed by atoms with Crippen molar-refractivity contribution in [3.63, 3.8) is 0 Å². The molecule has 0 saturated heterocycles. The van der Waals surface area contributed by atoms with Crippen molar-refractivity contribution in [3.05, 3.63) is 46.6 Å². The number of nitrogens with zero attached hydrogens (tertiary/aromatic N) is 1. The third-order valence-electron chi connectivity index (χ3n) is 8.04. The first-order valence-electron chi connectivity index (χ1n) is 19.1. The van der Waals surface area contributed by atoms with Gasteiger partial charge >= 0.3 is 0 Å². The number of rotatable bonds is 28. The largest absolute Gasteiger partial charge is 0.327 e. The molecule has 0 aliphatic heterocycles. The quantitative estimate of drug-likeness (QED) is 0.0302. The van der Waals surface area contributed by atoms with Gasteiger partial charge in [-0.1, -0.05) is 188 Å². The van der Waals surface area contributed by atoms with E-state index in [9.17, 15) is 0 Å². The fourth-order valence-electron chi connectivity index (χ4n) is 5.41. The van der Waals surface area contributed by atoms with E-state index < -0.39 is 0 Å². The summed E-state index contributed by atoms with van der Waals surface area (Å²) in [5, 5.41) is 4.50. The number of allylic oxidation sites excluding steroid dienone is 6. The monoisotopic (exact) mass is 641 g/mol. The van der Waals surface area contributed by atoms with Gasteiger partial charge in [-0.2, -0.15) is 0 Å². The number of unbranched alkanes of at least 4 members (excludes halogenated alkanes) is 19. The molecule has 0 heterocycles. The highest BCUT2D eigenvalue weighted by molar-refractivity contribution is 8.03. The van der Waals surface area contributed by atoms with Gasteiger partial charge in [-0.05, 0) is 49.5 Å². The van der Waals surface area contributed by atoms with Crippen LogP contribution in [0.1, 0.15) is 190 Å². The summed E-state index contributed by atoms with van der Waals surface area (Å²) in [4.78, 5) is 4.64. The Labute approximate surface area is 288 Å². The van der Waals surface area contributed by atoms with E-state index in [1.165, 1.54) is 145 Å². The molecule has 0 bridgehead atoms. The van der Waals surface area contributed by atoms with E-state index in [-0.39, 0.29) is 0 Å². The summed E-state index contributed by atoms with van der Waals surface area (Å²) in [7, 11) is 0. The number of nitrogens with one attached hydrogen (secondary N) is 1. The summed E-state index contributed by atoms with van der Waals surface area (Å²) in [6, 6.07) is 0. The molecule has 0 atom stereocenters. The maximum Gasteiger partial charge on any atom is 0.178 e. The van der Waals surface area contributed by atoms with Crippen LogP contribution in [0.25, 0.3) is 0 Å². The van der Waals surface area contributed by atoms with Crippen molar-refractivity contribution in [1.29, 1.82) is 0 Å². The Bertz CT molecular complexity index is 825. The molecule has 3 heteroatoms. The highest BCUT2D eigenvalue weighted by Gasteiger charge is 2.12. The Morgan fingerprint density at radius 1 is 0.667 bits per heavy atom. The normalized spacial score (nSPS) is 12.7. The fourth-order valence-corrected chi connectivity index (χ4v) is 6.33. The molecule has 2 nitrogen and oxygen atoms in total. The molecular formula is C42H76N2S. The van der Waals surface area contributed by atoms with Crippen LogP contribution in [0.2, 0.25) is 0 Å². The van der Waals surface area contributed by atoms with Crippen LogP contribution in [0, 0.1) is 12.3 Å². The van der Waals surface area contributed by atoms with Crippen molar-refractivity contribution in [3.8, 4) is 12.3 Å². The third-order valence-corrected chi connectivity index (χ3v) is 8.92. The predicted molar refractivity (Wildman–Crippen MR) is 211 cm³/mol. The zero-order valence-electron chi connectivity index (χ0n) is 31.3. The van der Waals surface area contributed by atoms with Gasteiger partial charge in [0.1, 0.15) is 0 Å². The molecule has 0 aliphatic rings. The van der Waals surface area contributed by atoms with Gasteiger partial charge < -0.3 is 5.32 Å². The van der Waals surface area contributed by atoms with E-state index >= 15 is 0 Å². The maximum atomic E-state index is 5.75. The topological polar surface area (TPSA) is 24.4 Å². The highest BCUT2D eigenvalue weighted by atomic mass is 32.2.